The van der Waals surface area contributed by atoms with Crippen LogP contribution in [0.1, 0.15) is 108 Å². The van der Waals surface area contributed by atoms with Crippen molar-refractivity contribution in [1.82, 2.24) is 0 Å². The molecule has 8 rings (SSSR count). The van der Waals surface area contributed by atoms with Crippen LogP contribution in [0.3, 0.4) is 0 Å². The van der Waals surface area contributed by atoms with Crippen molar-refractivity contribution in [2.24, 2.45) is 0 Å². The first kappa shape index (κ1) is 45.6. The van der Waals surface area contributed by atoms with E-state index in [2.05, 4.69) is 67.5 Å². The number of hydrogen-bond acceptors (Lipinski definition) is 8. The molecule has 0 saturated carbocycles. The van der Waals surface area contributed by atoms with Crippen LogP contribution in [-0.4, -0.2) is 44.6 Å². The lowest BCUT2D eigenvalue weighted by Crippen LogP contribution is -2.30. The fourth-order valence-corrected chi connectivity index (χ4v) is 11.9. The van der Waals surface area contributed by atoms with Crippen LogP contribution in [-0.2, 0) is 0 Å². The van der Waals surface area contributed by atoms with Crippen molar-refractivity contribution in [3.05, 3.63) is 143 Å². The highest BCUT2D eigenvalue weighted by atomic mass is 32.2. The summed E-state index contributed by atoms with van der Waals surface area (Å²) in [4.78, 5) is 64.0. The molecule has 2 aliphatic heterocycles. The van der Waals surface area contributed by atoms with Gasteiger partial charge in [-0.3, -0.25) is 19.2 Å². The van der Waals surface area contributed by atoms with Gasteiger partial charge in [-0.15, -0.1) is 47.0 Å². The molecule has 4 amide bonds. The molecule has 2 aliphatic rings. The molecule has 0 atom stereocenters. The lowest BCUT2D eigenvalue weighted by atomic mass is 9.99. The van der Waals surface area contributed by atoms with Gasteiger partial charge in [0, 0.05) is 40.6 Å². The summed E-state index contributed by atoms with van der Waals surface area (Å²) in [7, 11) is 0. The Hall–Kier alpha value is -5.00. The van der Waals surface area contributed by atoms with E-state index in [0.29, 0.717) is 33.6 Å². The van der Waals surface area contributed by atoms with Crippen LogP contribution < -0.4 is 9.80 Å². The molecule has 0 unspecified atom stereocenters. The van der Waals surface area contributed by atoms with Gasteiger partial charge in [-0.25, -0.2) is 9.80 Å². The Bertz CT molecular complexity index is 2650. The monoisotopic (exact) mass is 920 g/mol. The number of fused-ring (bicyclic) bond motifs is 2. The van der Waals surface area contributed by atoms with Crippen molar-refractivity contribution >= 4 is 82.1 Å². The lowest BCUT2D eigenvalue weighted by molar-refractivity contribution is 0.0909. The minimum Gasteiger partial charge on any atom is -0.268 e. The van der Waals surface area contributed by atoms with Gasteiger partial charge in [-0.2, -0.15) is 0 Å². The van der Waals surface area contributed by atoms with E-state index in [1.165, 1.54) is 9.80 Å². The number of hydrogen-bond donors (Lipinski definition) is 0. The summed E-state index contributed by atoms with van der Waals surface area (Å²) < 4.78 is 0. The molecule has 0 N–H and O–H groups in total. The third-order valence-corrected chi connectivity index (χ3v) is 15.1. The molecule has 0 bridgehead atoms. The van der Waals surface area contributed by atoms with E-state index < -0.39 is 0 Å². The molecular weight excluding hydrogens is 869 g/mol. The second-order valence-electron chi connectivity index (χ2n) is 17.4. The van der Waals surface area contributed by atoms with E-state index in [4.69, 9.17) is 0 Å². The Morgan fingerprint density at radius 1 is 0.328 bits per heavy atom. The molecule has 0 saturated heterocycles. The molecular formula is C54H52N2O4S4. The summed E-state index contributed by atoms with van der Waals surface area (Å²) >= 11 is 6.61. The Morgan fingerprint density at radius 2 is 0.625 bits per heavy atom. The number of aryl methyl sites for hydroxylation is 2. The molecule has 64 heavy (non-hydrogen) atoms. The predicted molar refractivity (Wildman–Crippen MR) is 271 cm³/mol. The van der Waals surface area contributed by atoms with Gasteiger partial charge >= 0.3 is 0 Å². The molecule has 6 nitrogen and oxygen atoms in total. The Balaban J connectivity index is 1.26. The van der Waals surface area contributed by atoms with Crippen LogP contribution in [0.15, 0.2) is 129 Å². The number of thioether (sulfide) groups is 4. The maximum absolute atomic E-state index is 14.5. The maximum atomic E-state index is 14.5. The van der Waals surface area contributed by atoms with Crippen LogP contribution in [0.5, 0.6) is 0 Å². The molecule has 0 aliphatic carbocycles. The average molecular weight is 921 g/mol. The van der Waals surface area contributed by atoms with Crippen molar-refractivity contribution in [3.8, 4) is 33.4 Å². The first-order valence-electron chi connectivity index (χ1n) is 21.7. The normalized spacial score (nSPS) is 13.7. The number of carbonyl (C=O) groups is 4. The van der Waals surface area contributed by atoms with E-state index >= 15 is 0 Å². The standard InChI is InChI=1S/C54H52N2O4S4/c1-29(2)61-47-27-45(55-51(57)39-21-19-37(23-43(39)53(55)59)35-15-11-33(9)12-16-35)49(63-31(5)6)25-41(47)42-26-50(64-32(7)8)46(28-48(42)62-30(3)4)56-52(58)40-22-20-38(24-44(40)54(56)60)36-17-13-34(10)14-18-36/h11-32H,1-10H3. The summed E-state index contributed by atoms with van der Waals surface area (Å²) in [5.41, 5.74) is 10.7. The molecule has 0 radical (unpaired) electrons. The van der Waals surface area contributed by atoms with Crippen LogP contribution in [0, 0.1) is 13.8 Å². The van der Waals surface area contributed by atoms with E-state index in [0.717, 1.165) is 64.1 Å². The molecule has 2 heterocycles. The summed E-state index contributed by atoms with van der Waals surface area (Å²) in [6.45, 7) is 21.1. The van der Waals surface area contributed by atoms with Crippen LogP contribution in [0.25, 0.3) is 33.4 Å². The zero-order valence-electron chi connectivity index (χ0n) is 37.9. The smallest absolute Gasteiger partial charge is 0.266 e. The molecule has 326 valence electrons. The van der Waals surface area contributed by atoms with E-state index in [-0.39, 0.29) is 44.6 Å². The minimum atomic E-state index is -0.337. The largest absolute Gasteiger partial charge is 0.268 e. The van der Waals surface area contributed by atoms with E-state index in [1.54, 1.807) is 59.2 Å². The Labute approximate surface area is 394 Å². The van der Waals surface area contributed by atoms with Gasteiger partial charge in [0.15, 0.2) is 0 Å². The number of nitrogens with zero attached hydrogens (tertiary/aromatic N) is 2. The lowest BCUT2D eigenvalue weighted by Gasteiger charge is -2.26. The highest BCUT2D eigenvalue weighted by Gasteiger charge is 2.41. The van der Waals surface area contributed by atoms with Crippen molar-refractivity contribution in [1.29, 1.82) is 0 Å². The van der Waals surface area contributed by atoms with E-state index in [1.807, 2.05) is 98.8 Å². The summed E-state index contributed by atoms with van der Waals surface area (Å²) in [5, 5.41) is 0.612. The van der Waals surface area contributed by atoms with Crippen molar-refractivity contribution in [2.75, 3.05) is 9.80 Å². The zero-order chi connectivity index (χ0) is 45.7. The first-order chi connectivity index (χ1) is 30.5. The number of benzene rings is 6. The maximum Gasteiger partial charge on any atom is 0.266 e. The fraction of sp³-hybridized carbons (Fsp3) is 0.259. The van der Waals surface area contributed by atoms with Gasteiger partial charge in [0.2, 0.25) is 0 Å². The number of imide groups is 2. The topological polar surface area (TPSA) is 74.8 Å². The Kier molecular flexibility index (Phi) is 13.2. The van der Waals surface area contributed by atoms with Gasteiger partial charge in [0.05, 0.1) is 33.6 Å². The summed E-state index contributed by atoms with van der Waals surface area (Å²) in [6, 6.07) is 35.7. The van der Waals surface area contributed by atoms with Crippen molar-refractivity contribution < 1.29 is 19.2 Å². The van der Waals surface area contributed by atoms with Gasteiger partial charge in [0.25, 0.3) is 23.6 Å². The van der Waals surface area contributed by atoms with Gasteiger partial charge in [-0.1, -0.05) is 127 Å². The summed E-state index contributed by atoms with van der Waals surface area (Å²) in [5.74, 6) is -1.35. The third-order valence-electron chi connectivity index (χ3n) is 10.9. The first-order valence-corrected chi connectivity index (χ1v) is 25.2. The highest BCUT2D eigenvalue weighted by Crippen LogP contribution is 2.50. The zero-order valence-corrected chi connectivity index (χ0v) is 41.1. The molecule has 6 aromatic rings. The van der Waals surface area contributed by atoms with Crippen LogP contribution in [0.4, 0.5) is 11.4 Å². The minimum absolute atomic E-state index is 0.137. The molecule has 0 fully saturated rings. The quantitative estimate of drug-likeness (QED) is 0.0838. The van der Waals surface area contributed by atoms with Gasteiger partial charge in [0.1, 0.15) is 0 Å². The van der Waals surface area contributed by atoms with Crippen LogP contribution in [0.2, 0.25) is 0 Å². The van der Waals surface area contributed by atoms with Gasteiger partial charge < -0.3 is 0 Å². The fourth-order valence-electron chi connectivity index (χ4n) is 8.04. The number of anilines is 2. The molecule has 0 aromatic heterocycles. The van der Waals surface area contributed by atoms with Crippen LogP contribution >= 0.6 is 47.0 Å². The number of carbonyl (C=O) groups excluding carboxylic acids is 4. The Morgan fingerprint density at radius 3 is 0.953 bits per heavy atom. The van der Waals surface area contributed by atoms with Crippen molar-refractivity contribution in [2.45, 2.75) is 110 Å². The number of rotatable bonds is 13. The molecule has 0 spiro atoms. The number of amides is 4. The third kappa shape index (κ3) is 8.99. The molecule has 10 heteroatoms. The SMILES string of the molecule is Cc1ccc(-c2ccc3c(c2)C(=O)N(c2cc(SC(C)C)c(-c4cc(SC(C)C)c(N5C(=O)c6ccc(-c7ccc(C)cc7)cc6C5=O)cc4SC(C)C)cc2SC(C)C)C3=O)cc1. The van der Waals surface area contributed by atoms with Gasteiger partial charge in [-0.05, 0) is 95.8 Å². The van der Waals surface area contributed by atoms with Crippen molar-refractivity contribution in [3.63, 3.8) is 0 Å². The predicted octanol–water partition coefficient (Wildman–Crippen LogP) is 14.9. The van der Waals surface area contributed by atoms with E-state index in [9.17, 15) is 19.2 Å². The highest BCUT2D eigenvalue weighted by molar-refractivity contribution is 8.01. The molecule has 6 aromatic carbocycles. The average Bonchev–Trinajstić information content (AvgIpc) is 3.64. The summed E-state index contributed by atoms with van der Waals surface area (Å²) in [6.07, 6.45) is 0. The second-order valence-corrected chi connectivity index (χ2v) is 23.9. The second kappa shape index (κ2) is 18.5.